The van der Waals surface area contributed by atoms with Gasteiger partial charge in [-0.1, -0.05) is 34.1 Å². The number of amides is 1. The van der Waals surface area contributed by atoms with Gasteiger partial charge in [0.15, 0.2) is 12.2 Å². The van der Waals surface area contributed by atoms with Crippen molar-refractivity contribution in [3.8, 4) is 0 Å². The van der Waals surface area contributed by atoms with Crippen LogP contribution in [0.15, 0.2) is 0 Å². The lowest BCUT2D eigenvalue weighted by Crippen LogP contribution is -2.45. The van der Waals surface area contributed by atoms with Crippen LogP contribution in [0.25, 0.3) is 0 Å². The molecule has 0 aromatic carbocycles. The van der Waals surface area contributed by atoms with Crippen molar-refractivity contribution < 1.29 is 24.2 Å². The van der Waals surface area contributed by atoms with Crippen molar-refractivity contribution in [1.82, 2.24) is 5.32 Å². The highest BCUT2D eigenvalue weighted by atomic mass is 16.6. The fraction of sp³-hybridized carbons (Fsp3) is 0.857. The minimum Gasteiger partial charge on any atom is -0.479 e. The van der Waals surface area contributed by atoms with E-state index in [1.807, 2.05) is 13.8 Å². The average molecular weight is 287 g/mol. The molecule has 6 nitrogen and oxygen atoms in total. The molecular formula is C14H25NO5. The fourth-order valence-electron chi connectivity index (χ4n) is 1.83. The Morgan fingerprint density at radius 1 is 1.25 bits per heavy atom. The van der Waals surface area contributed by atoms with Gasteiger partial charge in [0.2, 0.25) is 0 Å². The summed E-state index contributed by atoms with van der Waals surface area (Å²) in [6.07, 6.45) is -0.947. The molecule has 1 saturated heterocycles. The second-order valence-corrected chi connectivity index (χ2v) is 5.75. The second kappa shape index (κ2) is 7.59. The fourth-order valence-corrected chi connectivity index (χ4v) is 1.83. The van der Waals surface area contributed by atoms with Gasteiger partial charge < -0.3 is 19.9 Å². The van der Waals surface area contributed by atoms with E-state index < -0.39 is 18.2 Å². The lowest BCUT2D eigenvalue weighted by atomic mass is 9.99. The van der Waals surface area contributed by atoms with Crippen molar-refractivity contribution >= 4 is 11.9 Å². The molecule has 6 heteroatoms. The average Bonchev–Trinajstić information content (AvgIpc) is 3.16. The summed E-state index contributed by atoms with van der Waals surface area (Å²) in [5.41, 5.74) is 0. The summed E-state index contributed by atoms with van der Waals surface area (Å²) < 4.78 is 10.4. The maximum absolute atomic E-state index is 11.9. The summed E-state index contributed by atoms with van der Waals surface area (Å²) >= 11 is 0. The Labute approximate surface area is 119 Å². The summed E-state index contributed by atoms with van der Waals surface area (Å²) in [7, 11) is 0. The minimum absolute atomic E-state index is 0.120. The van der Waals surface area contributed by atoms with E-state index in [-0.39, 0.29) is 17.9 Å². The van der Waals surface area contributed by atoms with Crippen LogP contribution in [0.5, 0.6) is 0 Å². The maximum atomic E-state index is 11.9. The van der Waals surface area contributed by atoms with Crippen LogP contribution in [0.2, 0.25) is 0 Å². The third-order valence-corrected chi connectivity index (χ3v) is 3.40. The lowest BCUT2D eigenvalue weighted by Gasteiger charge is -2.24. The number of rotatable bonds is 9. The van der Waals surface area contributed by atoms with E-state index in [2.05, 4.69) is 19.2 Å². The molecule has 1 rings (SSSR count). The zero-order valence-electron chi connectivity index (χ0n) is 12.6. The van der Waals surface area contributed by atoms with Crippen LogP contribution in [-0.2, 0) is 19.1 Å². The highest BCUT2D eigenvalue weighted by molar-refractivity contribution is 5.92. The first-order valence-electron chi connectivity index (χ1n) is 7.13. The van der Waals surface area contributed by atoms with Crippen LogP contribution in [0, 0.1) is 11.8 Å². The number of carbonyl (C=O) groups excluding carboxylic acids is 1. The smallest absolute Gasteiger partial charge is 0.336 e. The summed E-state index contributed by atoms with van der Waals surface area (Å²) in [6.45, 7) is 9.27. The van der Waals surface area contributed by atoms with E-state index in [0.29, 0.717) is 19.1 Å². The Morgan fingerprint density at radius 3 is 2.35 bits per heavy atom. The number of nitrogens with one attached hydrogen (secondary N) is 1. The van der Waals surface area contributed by atoms with Gasteiger partial charge in [0.25, 0.3) is 5.91 Å². The summed E-state index contributed by atoms with van der Waals surface area (Å²) in [5.74, 6) is -0.767. The van der Waals surface area contributed by atoms with E-state index >= 15 is 0 Å². The van der Waals surface area contributed by atoms with E-state index in [1.165, 1.54) is 0 Å². The standard InChI is InChI=1S/C14H25NO5/c1-5-9(4)10(7-19-6-8(2)3)15-13(16)11-12(20-11)14(17)18/h8-12H,5-7H2,1-4H3,(H,15,16)(H,17,18)/t9?,10-,11+,12+/m1/s1. The number of ether oxygens (including phenoxy) is 2. The zero-order valence-corrected chi connectivity index (χ0v) is 12.6. The molecule has 0 saturated carbocycles. The number of carbonyl (C=O) groups is 2. The van der Waals surface area contributed by atoms with Gasteiger partial charge in [-0.2, -0.15) is 0 Å². The Kier molecular flexibility index (Phi) is 6.42. The van der Waals surface area contributed by atoms with Gasteiger partial charge in [-0.05, 0) is 11.8 Å². The van der Waals surface area contributed by atoms with Crippen molar-refractivity contribution in [3.05, 3.63) is 0 Å². The Hall–Kier alpha value is -1.14. The molecule has 20 heavy (non-hydrogen) atoms. The number of hydrogen-bond acceptors (Lipinski definition) is 4. The molecular weight excluding hydrogens is 262 g/mol. The molecule has 1 aliphatic heterocycles. The summed E-state index contributed by atoms with van der Waals surface area (Å²) in [6, 6.07) is -0.120. The molecule has 1 amide bonds. The summed E-state index contributed by atoms with van der Waals surface area (Å²) in [5, 5.41) is 11.6. The first kappa shape index (κ1) is 16.9. The van der Waals surface area contributed by atoms with Gasteiger partial charge in [0.1, 0.15) is 0 Å². The molecule has 0 aromatic rings. The molecule has 0 aromatic heterocycles. The molecule has 0 aliphatic carbocycles. The van der Waals surface area contributed by atoms with Crippen molar-refractivity contribution in [3.63, 3.8) is 0 Å². The predicted molar refractivity (Wildman–Crippen MR) is 73.3 cm³/mol. The molecule has 0 spiro atoms. The molecule has 0 radical (unpaired) electrons. The monoisotopic (exact) mass is 287 g/mol. The largest absolute Gasteiger partial charge is 0.479 e. The highest BCUT2D eigenvalue weighted by Crippen LogP contribution is 2.23. The van der Waals surface area contributed by atoms with Crippen molar-refractivity contribution in [2.75, 3.05) is 13.2 Å². The molecule has 1 aliphatic rings. The first-order chi connectivity index (χ1) is 9.36. The Balaban J connectivity index is 2.44. The number of aliphatic carboxylic acids is 1. The maximum Gasteiger partial charge on any atom is 0.336 e. The third-order valence-electron chi connectivity index (χ3n) is 3.40. The number of epoxide rings is 1. The van der Waals surface area contributed by atoms with E-state index in [1.54, 1.807) is 0 Å². The van der Waals surface area contributed by atoms with Gasteiger partial charge in [-0.15, -0.1) is 0 Å². The Morgan fingerprint density at radius 2 is 1.90 bits per heavy atom. The van der Waals surface area contributed by atoms with Crippen LogP contribution in [0.1, 0.15) is 34.1 Å². The highest BCUT2D eigenvalue weighted by Gasteiger charge is 2.51. The normalized spacial score (nSPS) is 24.2. The van der Waals surface area contributed by atoms with Gasteiger partial charge in [0, 0.05) is 6.61 Å². The zero-order chi connectivity index (χ0) is 15.3. The van der Waals surface area contributed by atoms with E-state index in [0.717, 1.165) is 6.42 Å². The van der Waals surface area contributed by atoms with Crippen LogP contribution < -0.4 is 5.32 Å². The Bertz CT molecular complexity index is 344. The van der Waals surface area contributed by atoms with Crippen LogP contribution in [0.4, 0.5) is 0 Å². The van der Waals surface area contributed by atoms with Gasteiger partial charge in [0.05, 0.1) is 12.6 Å². The molecule has 4 atom stereocenters. The topological polar surface area (TPSA) is 88.2 Å². The predicted octanol–water partition coefficient (Wildman–Crippen LogP) is 1.04. The minimum atomic E-state index is -1.10. The summed E-state index contributed by atoms with van der Waals surface area (Å²) in [4.78, 5) is 22.6. The second-order valence-electron chi connectivity index (χ2n) is 5.75. The van der Waals surface area contributed by atoms with E-state index in [4.69, 9.17) is 14.6 Å². The molecule has 1 fully saturated rings. The number of hydrogen-bond donors (Lipinski definition) is 2. The SMILES string of the molecule is CCC(C)[C@@H](COCC(C)C)NC(=O)[C@H]1O[C@@H]1C(=O)O. The van der Waals surface area contributed by atoms with E-state index in [9.17, 15) is 9.59 Å². The van der Waals surface area contributed by atoms with Crippen LogP contribution in [-0.4, -0.2) is 48.4 Å². The molecule has 116 valence electrons. The molecule has 0 bridgehead atoms. The first-order valence-corrected chi connectivity index (χ1v) is 7.13. The van der Waals surface area contributed by atoms with Crippen molar-refractivity contribution in [1.29, 1.82) is 0 Å². The lowest BCUT2D eigenvalue weighted by molar-refractivity contribution is -0.138. The van der Waals surface area contributed by atoms with Gasteiger partial charge in [-0.3, -0.25) is 4.79 Å². The number of carboxylic acid groups (broad SMARTS) is 1. The van der Waals surface area contributed by atoms with Crippen molar-refractivity contribution in [2.24, 2.45) is 11.8 Å². The quantitative estimate of drug-likeness (QED) is 0.619. The van der Waals surface area contributed by atoms with Crippen LogP contribution >= 0.6 is 0 Å². The molecule has 2 N–H and O–H groups in total. The molecule has 1 heterocycles. The number of carboxylic acids is 1. The van der Waals surface area contributed by atoms with Crippen LogP contribution in [0.3, 0.4) is 0 Å². The third kappa shape index (κ3) is 5.09. The molecule has 1 unspecified atom stereocenters. The van der Waals surface area contributed by atoms with Crippen molar-refractivity contribution in [2.45, 2.75) is 52.4 Å². The van der Waals surface area contributed by atoms with Gasteiger partial charge in [-0.25, -0.2) is 4.79 Å². The van der Waals surface area contributed by atoms with Gasteiger partial charge >= 0.3 is 5.97 Å².